The Labute approximate surface area is 137 Å². The fraction of sp³-hybridized carbons (Fsp3) is 0.176. The number of imidazole rings is 1. The van der Waals surface area contributed by atoms with E-state index >= 15 is 0 Å². The number of amides is 1. The summed E-state index contributed by atoms with van der Waals surface area (Å²) in [5.74, 6) is 0.351. The van der Waals surface area contributed by atoms with Crippen molar-refractivity contribution in [1.29, 1.82) is 0 Å². The van der Waals surface area contributed by atoms with Gasteiger partial charge in [-0.2, -0.15) is 0 Å². The molecule has 2 aromatic carbocycles. The van der Waals surface area contributed by atoms with E-state index in [1.807, 2.05) is 31.2 Å². The quantitative estimate of drug-likeness (QED) is 0.556. The highest BCUT2D eigenvalue weighted by Gasteiger charge is 2.18. The second-order valence-corrected chi connectivity index (χ2v) is 5.49. The number of hydrogen-bond donors (Lipinski definition) is 2. The van der Waals surface area contributed by atoms with E-state index in [2.05, 4.69) is 15.3 Å². The van der Waals surface area contributed by atoms with Crippen molar-refractivity contribution in [2.24, 2.45) is 0 Å². The lowest BCUT2D eigenvalue weighted by atomic mass is 10.1. The Bertz CT molecular complexity index is 870. The molecule has 24 heavy (non-hydrogen) atoms. The number of fused-ring (bicyclic) bond motifs is 1. The van der Waals surface area contributed by atoms with Crippen molar-refractivity contribution in [2.45, 2.75) is 19.4 Å². The monoisotopic (exact) mass is 324 g/mol. The highest BCUT2D eigenvalue weighted by atomic mass is 16.6. The van der Waals surface area contributed by atoms with Crippen LogP contribution in [0.2, 0.25) is 0 Å². The number of hydrogen-bond acceptors (Lipinski definition) is 4. The van der Waals surface area contributed by atoms with Gasteiger partial charge in [-0.05, 0) is 19.1 Å². The number of nitro groups is 1. The SMILES string of the molecule is C[C@@H](NC(=O)Cc1ccccc1[N+](=O)[O-])c1nc2ccccc2[nH]1. The number of nitrogens with zero attached hydrogens (tertiary/aromatic N) is 2. The summed E-state index contributed by atoms with van der Waals surface area (Å²) in [6.45, 7) is 1.81. The molecule has 1 heterocycles. The Morgan fingerprint density at radius 1 is 1.25 bits per heavy atom. The average Bonchev–Trinajstić information content (AvgIpc) is 2.99. The fourth-order valence-electron chi connectivity index (χ4n) is 2.55. The Balaban J connectivity index is 1.71. The van der Waals surface area contributed by atoms with Crippen LogP contribution >= 0.6 is 0 Å². The van der Waals surface area contributed by atoms with Crippen LogP contribution in [0.5, 0.6) is 0 Å². The number of carbonyl (C=O) groups is 1. The van der Waals surface area contributed by atoms with Crippen molar-refractivity contribution in [2.75, 3.05) is 0 Å². The van der Waals surface area contributed by atoms with Crippen LogP contribution in [0.4, 0.5) is 5.69 Å². The average molecular weight is 324 g/mol. The third-order valence-corrected chi connectivity index (χ3v) is 3.73. The van der Waals surface area contributed by atoms with Gasteiger partial charge in [-0.1, -0.05) is 30.3 Å². The maximum Gasteiger partial charge on any atom is 0.273 e. The molecule has 122 valence electrons. The summed E-state index contributed by atoms with van der Waals surface area (Å²) in [5, 5.41) is 13.8. The molecule has 0 fully saturated rings. The van der Waals surface area contributed by atoms with Crippen LogP contribution in [0.1, 0.15) is 24.4 Å². The van der Waals surface area contributed by atoms with E-state index in [0.717, 1.165) is 11.0 Å². The molecule has 0 bridgehead atoms. The zero-order valence-electron chi connectivity index (χ0n) is 13.0. The van der Waals surface area contributed by atoms with E-state index in [9.17, 15) is 14.9 Å². The first-order valence-corrected chi connectivity index (χ1v) is 7.51. The lowest BCUT2D eigenvalue weighted by Gasteiger charge is -2.11. The normalized spacial score (nSPS) is 12.0. The molecule has 7 heteroatoms. The summed E-state index contributed by atoms with van der Waals surface area (Å²) in [5.41, 5.74) is 2.06. The highest BCUT2D eigenvalue weighted by molar-refractivity contribution is 5.80. The molecule has 0 aliphatic rings. The van der Waals surface area contributed by atoms with Gasteiger partial charge in [-0.3, -0.25) is 14.9 Å². The smallest absolute Gasteiger partial charge is 0.273 e. The fourth-order valence-corrected chi connectivity index (χ4v) is 2.55. The maximum atomic E-state index is 12.2. The molecule has 0 radical (unpaired) electrons. The summed E-state index contributed by atoms with van der Waals surface area (Å²) in [6.07, 6.45) is -0.0538. The Morgan fingerprint density at radius 3 is 2.71 bits per heavy atom. The molecule has 1 aromatic heterocycles. The number of nitrogens with one attached hydrogen (secondary N) is 2. The molecule has 2 N–H and O–H groups in total. The number of rotatable bonds is 5. The molecule has 1 amide bonds. The minimum Gasteiger partial charge on any atom is -0.346 e. The number of nitro benzene ring substituents is 1. The minimum atomic E-state index is -0.481. The van der Waals surface area contributed by atoms with Crippen molar-refractivity contribution < 1.29 is 9.72 Å². The maximum absolute atomic E-state index is 12.2. The Kier molecular flexibility index (Phi) is 4.24. The number of aromatic nitrogens is 2. The van der Waals surface area contributed by atoms with Crippen LogP contribution in [-0.2, 0) is 11.2 Å². The molecule has 0 aliphatic heterocycles. The van der Waals surface area contributed by atoms with Crippen LogP contribution in [0.15, 0.2) is 48.5 Å². The molecule has 7 nitrogen and oxygen atoms in total. The standard InChI is InChI=1S/C17H16N4O3/c1-11(17-19-13-7-3-4-8-14(13)20-17)18-16(22)10-12-6-2-5-9-15(12)21(23)24/h2-9,11H,10H2,1H3,(H,18,22)(H,19,20)/t11-/m1/s1. The molecule has 0 aliphatic carbocycles. The van der Waals surface area contributed by atoms with E-state index in [1.54, 1.807) is 18.2 Å². The van der Waals surface area contributed by atoms with Crippen molar-refractivity contribution in [1.82, 2.24) is 15.3 Å². The lowest BCUT2D eigenvalue weighted by molar-refractivity contribution is -0.385. The van der Waals surface area contributed by atoms with Crippen LogP contribution in [0.3, 0.4) is 0 Å². The first kappa shape index (κ1) is 15.7. The van der Waals surface area contributed by atoms with Crippen molar-refractivity contribution in [3.05, 3.63) is 70.0 Å². The molecule has 0 saturated carbocycles. The van der Waals surface area contributed by atoms with Gasteiger partial charge in [0.2, 0.25) is 5.91 Å². The van der Waals surface area contributed by atoms with Crippen molar-refractivity contribution in [3.63, 3.8) is 0 Å². The van der Waals surface area contributed by atoms with Gasteiger partial charge >= 0.3 is 0 Å². The summed E-state index contributed by atoms with van der Waals surface area (Å²) in [7, 11) is 0. The van der Waals surface area contributed by atoms with E-state index in [4.69, 9.17) is 0 Å². The second-order valence-electron chi connectivity index (χ2n) is 5.49. The molecular weight excluding hydrogens is 308 g/mol. The topological polar surface area (TPSA) is 101 Å². The van der Waals surface area contributed by atoms with E-state index in [1.165, 1.54) is 6.07 Å². The molecule has 0 spiro atoms. The van der Waals surface area contributed by atoms with E-state index in [0.29, 0.717) is 11.4 Å². The number of H-pyrrole nitrogens is 1. The third-order valence-electron chi connectivity index (χ3n) is 3.73. The van der Waals surface area contributed by atoms with E-state index < -0.39 is 4.92 Å². The van der Waals surface area contributed by atoms with E-state index in [-0.39, 0.29) is 24.1 Å². The van der Waals surface area contributed by atoms with Gasteiger partial charge in [0.15, 0.2) is 0 Å². The van der Waals surface area contributed by atoms with Crippen LogP contribution in [0.25, 0.3) is 11.0 Å². The summed E-state index contributed by atoms with van der Waals surface area (Å²) in [6, 6.07) is 13.5. The number of aromatic amines is 1. The van der Waals surface area contributed by atoms with Gasteiger partial charge in [-0.15, -0.1) is 0 Å². The second kappa shape index (κ2) is 6.49. The summed E-state index contributed by atoms with van der Waals surface area (Å²) in [4.78, 5) is 30.3. The van der Waals surface area contributed by atoms with Gasteiger partial charge < -0.3 is 10.3 Å². The molecule has 0 unspecified atom stereocenters. The van der Waals surface area contributed by atoms with Crippen LogP contribution < -0.4 is 5.32 Å². The molecule has 1 atom stereocenters. The van der Waals surface area contributed by atoms with Crippen molar-refractivity contribution >= 4 is 22.6 Å². The zero-order valence-corrected chi connectivity index (χ0v) is 13.0. The Hall–Kier alpha value is -3.22. The summed E-state index contributed by atoms with van der Waals surface area (Å²) < 4.78 is 0. The van der Waals surface area contributed by atoms with Gasteiger partial charge in [0.1, 0.15) is 5.82 Å². The highest BCUT2D eigenvalue weighted by Crippen LogP contribution is 2.19. The predicted molar refractivity (Wildman–Crippen MR) is 89.5 cm³/mol. The lowest BCUT2D eigenvalue weighted by Crippen LogP contribution is -2.29. The first-order chi connectivity index (χ1) is 11.5. The molecule has 3 rings (SSSR count). The number of benzene rings is 2. The van der Waals surface area contributed by atoms with Gasteiger partial charge in [-0.25, -0.2) is 4.98 Å². The summed E-state index contributed by atoms with van der Waals surface area (Å²) >= 11 is 0. The van der Waals surface area contributed by atoms with Crippen LogP contribution in [0, 0.1) is 10.1 Å². The largest absolute Gasteiger partial charge is 0.346 e. The number of carbonyl (C=O) groups excluding carboxylic acids is 1. The van der Waals surface area contributed by atoms with Crippen LogP contribution in [-0.4, -0.2) is 20.8 Å². The first-order valence-electron chi connectivity index (χ1n) is 7.51. The van der Waals surface area contributed by atoms with Gasteiger partial charge in [0.05, 0.1) is 28.4 Å². The third kappa shape index (κ3) is 3.24. The predicted octanol–water partition coefficient (Wildman–Crippen LogP) is 2.89. The van der Waals surface area contributed by atoms with Gasteiger partial charge in [0, 0.05) is 11.6 Å². The zero-order chi connectivity index (χ0) is 17.1. The van der Waals surface area contributed by atoms with Crippen molar-refractivity contribution in [3.8, 4) is 0 Å². The molecular formula is C17H16N4O3. The van der Waals surface area contributed by atoms with Gasteiger partial charge in [0.25, 0.3) is 5.69 Å². The molecule has 3 aromatic rings. The number of para-hydroxylation sites is 3. The Morgan fingerprint density at radius 2 is 1.96 bits per heavy atom. The minimum absolute atomic E-state index is 0.0518. The molecule has 0 saturated heterocycles.